The van der Waals surface area contributed by atoms with Crippen LogP contribution in [0.4, 0.5) is 5.95 Å². The summed E-state index contributed by atoms with van der Waals surface area (Å²) in [6.07, 6.45) is 3.51. The molecule has 0 saturated carbocycles. The third kappa shape index (κ3) is 4.00. The lowest BCUT2D eigenvalue weighted by Gasteiger charge is -2.18. The van der Waals surface area contributed by atoms with Gasteiger partial charge in [-0.2, -0.15) is 0 Å². The maximum atomic E-state index is 12.4. The van der Waals surface area contributed by atoms with Gasteiger partial charge in [0, 0.05) is 37.7 Å². The van der Waals surface area contributed by atoms with Crippen molar-refractivity contribution < 1.29 is 4.79 Å². The molecule has 0 spiro atoms. The summed E-state index contributed by atoms with van der Waals surface area (Å²) >= 11 is 0. The monoisotopic (exact) mass is 299 g/mol. The number of aromatic nitrogens is 3. The highest BCUT2D eigenvalue weighted by Gasteiger charge is 2.15. The SMILES string of the molecule is CCN(CC)C(=O)c1cc(C)nc(NCc2cccnc2)n1. The molecule has 2 aromatic rings. The van der Waals surface area contributed by atoms with Crippen LogP contribution < -0.4 is 5.32 Å². The topological polar surface area (TPSA) is 71.0 Å². The molecule has 0 fully saturated rings. The summed E-state index contributed by atoms with van der Waals surface area (Å²) in [5.41, 5.74) is 2.22. The predicted octanol–water partition coefficient (Wildman–Crippen LogP) is 2.27. The van der Waals surface area contributed by atoms with Gasteiger partial charge in [0.05, 0.1) is 0 Å². The number of nitrogens with zero attached hydrogens (tertiary/aromatic N) is 4. The Morgan fingerprint density at radius 2 is 2.05 bits per heavy atom. The maximum absolute atomic E-state index is 12.4. The summed E-state index contributed by atoms with van der Waals surface area (Å²) in [4.78, 5) is 26.9. The lowest BCUT2D eigenvalue weighted by atomic mass is 10.3. The fraction of sp³-hybridized carbons (Fsp3) is 0.375. The molecule has 1 N–H and O–H groups in total. The van der Waals surface area contributed by atoms with E-state index in [1.54, 1.807) is 23.4 Å². The van der Waals surface area contributed by atoms with Crippen molar-refractivity contribution in [3.63, 3.8) is 0 Å². The lowest BCUT2D eigenvalue weighted by molar-refractivity contribution is 0.0767. The molecule has 2 aromatic heterocycles. The number of rotatable bonds is 6. The van der Waals surface area contributed by atoms with Gasteiger partial charge in [0.15, 0.2) is 0 Å². The molecular formula is C16H21N5O. The fourth-order valence-electron chi connectivity index (χ4n) is 2.11. The van der Waals surface area contributed by atoms with Crippen molar-refractivity contribution in [3.05, 3.63) is 47.5 Å². The first-order chi connectivity index (χ1) is 10.6. The molecule has 2 heterocycles. The van der Waals surface area contributed by atoms with Crippen LogP contribution in [0.3, 0.4) is 0 Å². The van der Waals surface area contributed by atoms with E-state index in [0.29, 0.717) is 31.3 Å². The molecule has 0 aliphatic carbocycles. The van der Waals surface area contributed by atoms with Crippen molar-refractivity contribution in [1.82, 2.24) is 19.9 Å². The number of nitrogens with one attached hydrogen (secondary N) is 1. The molecule has 2 rings (SSSR count). The molecule has 0 saturated heterocycles. The van der Waals surface area contributed by atoms with Crippen LogP contribution in [-0.4, -0.2) is 38.8 Å². The number of carbonyl (C=O) groups excluding carboxylic acids is 1. The van der Waals surface area contributed by atoms with E-state index in [1.807, 2.05) is 32.9 Å². The predicted molar refractivity (Wildman–Crippen MR) is 85.6 cm³/mol. The summed E-state index contributed by atoms with van der Waals surface area (Å²) in [6, 6.07) is 5.57. The standard InChI is InChI=1S/C16H21N5O/c1-4-21(5-2)15(22)14-9-12(3)19-16(20-14)18-11-13-7-6-8-17-10-13/h6-10H,4-5,11H2,1-3H3,(H,18,19,20). The summed E-state index contributed by atoms with van der Waals surface area (Å²) in [5.74, 6) is 0.388. The molecular weight excluding hydrogens is 278 g/mol. The fourth-order valence-corrected chi connectivity index (χ4v) is 2.11. The Hall–Kier alpha value is -2.50. The quantitative estimate of drug-likeness (QED) is 0.886. The van der Waals surface area contributed by atoms with Crippen molar-refractivity contribution in [2.75, 3.05) is 18.4 Å². The maximum Gasteiger partial charge on any atom is 0.272 e. The first kappa shape index (κ1) is 15.9. The lowest BCUT2D eigenvalue weighted by Crippen LogP contribution is -2.31. The normalized spacial score (nSPS) is 10.3. The Morgan fingerprint density at radius 1 is 1.27 bits per heavy atom. The van der Waals surface area contributed by atoms with Gasteiger partial charge in [-0.3, -0.25) is 9.78 Å². The van der Waals surface area contributed by atoms with Crippen molar-refractivity contribution in [2.45, 2.75) is 27.3 Å². The van der Waals surface area contributed by atoms with Gasteiger partial charge in [-0.05, 0) is 38.5 Å². The van der Waals surface area contributed by atoms with Gasteiger partial charge in [0.25, 0.3) is 5.91 Å². The molecule has 0 radical (unpaired) electrons. The Bertz CT molecular complexity index is 626. The number of aryl methyl sites for hydroxylation is 1. The number of amides is 1. The van der Waals surface area contributed by atoms with Crippen LogP contribution in [0.1, 0.15) is 35.6 Å². The molecule has 1 amide bonds. The first-order valence-corrected chi connectivity index (χ1v) is 7.41. The second-order valence-corrected chi connectivity index (χ2v) is 4.91. The molecule has 22 heavy (non-hydrogen) atoms. The molecule has 0 atom stereocenters. The molecule has 6 heteroatoms. The van der Waals surface area contributed by atoms with Gasteiger partial charge < -0.3 is 10.2 Å². The van der Waals surface area contributed by atoms with Crippen LogP contribution in [0.15, 0.2) is 30.6 Å². The summed E-state index contributed by atoms with van der Waals surface area (Å²) in [7, 11) is 0. The molecule has 0 aliphatic heterocycles. The second kappa shape index (κ2) is 7.49. The van der Waals surface area contributed by atoms with E-state index in [1.165, 1.54) is 0 Å². The molecule has 0 unspecified atom stereocenters. The molecule has 116 valence electrons. The van der Waals surface area contributed by atoms with E-state index in [4.69, 9.17) is 0 Å². The smallest absolute Gasteiger partial charge is 0.272 e. The van der Waals surface area contributed by atoms with Crippen molar-refractivity contribution in [2.24, 2.45) is 0 Å². The highest BCUT2D eigenvalue weighted by Crippen LogP contribution is 2.09. The minimum atomic E-state index is -0.0695. The average molecular weight is 299 g/mol. The number of hydrogen-bond acceptors (Lipinski definition) is 5. The first-order valence-electron chi connectivity index (χ1n) is 7.41. The van der Waals surface area contributed by atoms with Crippen LogP contribution in [0.2, 0.25) is 0 Å². The average Bonchev–Trinajstić information content (AvgIpc) is 2.54. The van der Waals surface area contributed by atoms with Crippen molar-refractivity contribution >= 4 is 11.9 Å². The number of hydrogen-bond donors (Lipinski definition) is 1. The van der Waals surface area contributed by atoms with Crippen LogP contribution in [0, 0.1) is 6.92 Å². The van der Waals surface area contributed by atoms with E-state index in [9.17, 15) is 4.79 Å². The van der Waals surface area contributed by atoms with Crippen LogP contribution >= 0.6 is 0 Å². The highest BCUT2D eigenvalue weighted by molar-refractivity contribution is 5.92. The van der Waals surface area contributed by atoms with Gasteiger partial charge in [0.1, 0.15) is 5.69 Å². The summed E-state index contributed by atoms with van der Waals surface area (Å²) in [6.45, 7) is 7.66. The largest absolute Gasteiger partial charge is 0.350 e. The number of carbonyl (C=O) groups is 1. The van der Waals surface area contributed by atoms with Crippen LogP contribution in [0.25, 0.3) is 0 Å². The minimum absolute atomic E-state index is 0.0695. The van der Waals surface area contributed by atoms with Crippen LogP contribution in [0.5, 0.6) is 0 Å². The Balaban J connectivity index is 2.14. The van der Waals surface area contributed by atoms with E-state index in [2.05, 4.69) is 20.3 Å². The summed E-state index contributed by atoms with van der Waals surface area (Å²) < 4.78 is 0. The van der Waals surface area contributed by atoms with Gasteiger partial charge in [-0.15, -0.1) is 0 Å². The third-order valence-corrected chi connectivity index (χ3v) is 3.30. The van der Waals surface area contributed by atoms with E-state index < -0.39 is 0 Å². The molecule has 0 aliphatic rings. The second-order valence-electron chi connectivity index (χ2n) is 4.91. The zero-order chi connectivity index (χ0) is 15.9. The molecule has 0 aromatic carbocycles. The third-order valence-electron chi connectivity index (χ3n) is 3.30. The zero-order valence-corrected chi connectivity index (χ0v) is 13.2. The Kier molecular flexibility index (Phi) is 5.41. The van der Waals surface area contributed by atoms with E-state index >= 15 is 0 Å². The Labute approximate surface area is 130 Å². The van der Waals surface area contributed by atoms with E-state index in [-0.39, 0.29) is 5.91 Å². The number of anilines is 1. The van der Waals surface area contributed by atoms with Gasteiger partial charge in [0.2, 0.25) is 5.95 Å². The highest BCUT2D eigenvalue weighted by atomic mass is 16.2. The van der Waals surface area contributed by atoms with Gasteiger partial charge >= 0.3 is 0 Å². The van der Waals surface area contributed by atoms with Gasteiger partial charge in [-0.25, -0.2) is 9.97 Å². The minimum Gasteiger partial charge on any atom is -0.350 e. The summed E-state index contributed by atoms with van der Waals surface area (Å²) in [5, 5.41) is 3.14. The van der Waals surface area contributed by atoms with Crippen molar-refractivity contribution in [3.8, 4) is 0 Å². The molecule has 6 nitrogen and oxygen atoms in total. The zero-order valence-electron chi connectivity index (χ0n) is 13.2. The number of pyridine rings is 1. The van der Waals surface area contributed by atoms with E-state index in [0.717, 1.165) is 11.3 Å². The van der Waals surface area contributed by atoms with Crippen LogP contribution in [-0.2, 0) is 6.54 Å². The van der Waals surface area contributed by atoms with Crippen molar-refractivity contribution in [1.29, 1.82) is 0 Å². The Morgan fingerprint density at radius 3 is 2.68 bits per heavy atom. The molecule has 0 bridgehead atoms. The van der Waals surface area contributed by atoms with Gasteiger partial charge in [-0.1, -0.05) is 6.07 Å².